The van der Waals surface area contributed by atoms with Crippen molar-refractivity contribution >= 4 is 0 Å². The number of ether oxygens (including phenoxy) is 3. The first-order valence-electron chi connectivity index (χ1n) is 8.19. The van der Waals surface area contributed by atoms with E-state index in [1.807, 2.05) is 30.3 Å². The molecule has 0 saturated carbocycles. The Morgan fingerprint density at radius 3 is 2.42 bits per heavy atom. The predicted octanol–water partition coefficient (Wildman–Crippen LogP) is 3.78. The van der Waals surface area contributed by atoms with Crippen molar-refractivity contribution in [2.45, 2.75) is 19.4 Å². The Labute approximate surface area is 145 Å². The fourth-order valence-electron chi connectivity index (χ4n) is 2.51. The van der Waals surface area contributed by atoms with Crippen molar-refractivity contribution in [2.24, 2.45) is 0 Å². The normalized spacial score (nSPS) is 10.7. The number of rotatable bonds is 9. The van der Waals surface area contributed by atoms with Crippen molar-refractivity contribution < 1.29 is 14.2 Å². The Kier molecular flexibility index (Phi) is 6.94. The van der Waals surface area contributed by atoms with Gasteiger partial charge in [-0.1, -0.05) is 18.2 Å². The third-order valence-electron chi connectivity index (χ3n) is 3.83. The molecule has 0 amide bonds. The highest BCUT2D eigenvalue weighted by Gasteiger charge is 2.07. The molecular formula is C20H27NO3. The van der Waals surface area contributed by atoms with Crippen LogP contribution in [0.2, 0.25) is 0 Å². The summed E-state index contributed by atoms with van der Waals surface area (Å²) in [5.41, 5.74) is 2.33. The van der Waals surface area contributed by atoms with Gasteiger partial charge in [0.25, 0.3) is 0 Å². The summed E-state index contributed by atoms with van der Waals surface area (Å²) >= 11 is 0. The number of hydrogen-bond donors (Lipinski definition) is 0. The molecule has 0 unspecified atom stereocenters. The molecule has 0 aliphatic rings. The lowest BCUT2D eigenvalue weighted by atomic mass is 10.1. The van der Waals surface area contributed by atoms with Crippen LogP contribution in [-0.2, 0) is 13.0 Å². The van der Waals surface area contributed by atoms with Crippen LogP contribution in [-0.4, -0.2) is 39.8 Å². The molecule has 0 N–H and O–H groups in total. The van der Waals surface area contributed by atoms with Crippen LogP contribution >= 0.6 is 0 Å². The standard InChI is InChI=1S/C20H27NO3/c1-21(2)12-6-8-16-10-11-19(20(14-16)23-4)24-15-17-7-5-9-18(13-17)22-3/h5,7,9-11,13-14H,6,8,12,15H2,1-4H3. The van der Waals surface area contributed by atoms with Crippen molar-refractivity contribution in [3.8, 4) is 17.2 Å². The van der Waals surface area contributed by atoms with Gasteiger partial charge in [0.2, 0.25) is 0 Å². The quantitative estimate of drug-likeness (QED) is 0.700. The van der Waals surface area contributed by atoms with E-state index in [1.54, 1.807) is 14.2 Å². The zero-order valence-electron chi connectivity index (χ0n) is 15.0. The van der Waals surface area contributed by atoms with Gasteiger partial charge >= 0.3 is 0 Å². The van der Waals surface area contributed by atoms with Crippen LogP contribution in [0.25, 0.3) is 0 Å². The molecule has 24 heavy (non-hydrogen) atoms. The summed E-state index contributed by atoms with van der Waals surface area (Å²) < 4.78 is 16.6. The van der Waals surface area contributed by atoms with Gasteiger partial charge in [0.15, 0.2) is 11.5 Å². The third kappa shape index (κ3) is 5.46. The number of methoxy groups -OCH3 is 2. The average molecular weight is 329 g/mol. The Morgan fingerprint density at radius 2 is 1.71 bits per heavy atom. The van der Waals surface area contributed by atoms with Crippen molar-refractivity contribution in [1.82, 2.24) is 4.90 Å². The van der Waals surface area contributed by atoms with E-state index in [0.717, 1.165) is 42.2 Å². The number of aryl methyl sites for hydroxylation is 1. The fourth-order valence-corrected chi connectivity index (χ4v) is 2.51. The van der Waals surface area contributed by atoms with Crippen LogP contribution in [0.5, 0.6) is 17.2 Å². The molecule has 0 heterocycles. The topological polar surface area (TPSA) is 30.9 Å². The van der Waals surface area contributed by atoms with Gasteiger partial charge in [-0.15, -0.1) is 0 Å². The molecule has 0 atom stereocenters. The minimum Gasteiger partial charge on any atom is -0.497 e. The van der Waals surface area contributed by atoms with E-state index in [9.17, 15) is 0 Å². The summed E-state index contributed by atoms with van der Waals surface area (Å²) in [5, 5.41) is 0. The Bertz CT molecular complexity index is 641. The van der Waals surface area contributed by atoms with E-state index in [4.69, 9.17) is 14.2 Å². The minimum absolute atomic E-state index is 0.480. The lowest BCUT2D eigenvalue weighted by Crippen LogP contribution is -2.13. The smallest absolute Gasteiger partial charge is 0.161 e. The fraction of sp³-hybridized carbons (Fsp3) is 0.400. The summed E-state index contributed by atoms with van der Waals surface area (Å²) in [7, 11) is 7.53. The second-order valence-electron chi connectivity index (χ2n) is 6.03. The van der Waals surface area contributed by atoms with Crippen molar-refractivity contribution in [3.63, 3.8) is 0 Å². The van der Waals surface area contributed by atoms with Gasteiger partial charge < -0.3 is 19.1 Å². The predicted molar refractivity (Wildman–Crippen MR) is 97.2 cm³/mol. The van der Waals surface area contributed by atoms with Gasteiger partial charge in [0.1, 0.15) is 12.4 Å². The number of nitrogens with zero attached hydrogens (tertiary/aromatic N) is 1. The highest BCUT2D eigenvalue weighted by atomic mass is 16.5. The lowest BCUT2D eigenvalue weighted by Gasteiger charge is -2.13. The first-order chi connectivity index (χ1) is 11.6. The van der Waals surface area contributed by atoms with Gasteiger partial charge in [-0.25, -0.2) is 0 Å². The van der Waals surface area contributed by atoms with Crippen LogP contribution in [0.15, 0.2) is 42.5 Å². The monoisotopic (exact) mass is 329 g/mol. The van der Waals surface area contributed by atoms with Gasteiger partial charge in [-0.2, -0.15) is 0 Å². The summed E-state index contributed by atoms with van der Waals surface area (Å²) in [6.45, 7) is 1.56. The van der Waals surface area contributed by atoms with Crippen LogP contribution in [0, 0.1) is 0 Å². The van der Waals surface area contributed by atoms with Gasteiger partial charge in [-0.3, -0.25) is 0 Å². The Hall–Kier alpha value is -2.20. The van der Waals surface area contributed by atoms with E-state index in [2.05, 4.69) is 31.1 Å². The zero-order chi connectivity index (χ0) is 17.4. The van der Waals surface area contributed by atoms with Gasteiger partial charge in [0, 0.05) is 0 Å². The maximum Gasteiger partial charge on any atom is 0.161 e. The molecule has 4 nitrogen and oxygen atoms in total. The molecule has 4 heteroatoms. The van der Waals surface area contributed by atoms with E-state index in [-0.39, 0.29) is 0 Å². The summed E-state index contributed by atoms with van der Waals surface area (Å²) in [6.07, 6.45) is 2.16. The Balaban J connectivity index is 1.99. The maximum absolute atomic E-state index is 5.92. The highest BCUT2D eigenvalue weighted by molar-refractivity contribution is 5.43. The molecule has 0 bridgehead atoms. The van der Waals surface area contributed by atoms with Crippen molar-refractivity contribution in [3.05, 3.63) is 53.6 Å². The molecule has 0 aliphatic carbocycles. The molecule has 2 aromatic carbocycles. The molecule has 0 radical (unpaired) electrons. The van der Waals surface area contributed by atoms with Gasteiger partial charge in [0.05, 0.1) is 14.2 Å². The summed E-state index contributed by atoms with van der Waals surface area (Å²) in [6, 6.07) is 14.0. The Morgan fingerprint density at radius 1 is 0.875 bits per heavy atom. The second kappa shape index (κ2) is 9.18. The largest absolute Gasteiger partial charge is 0.497 e. The van der Waals surface area contributed by atoms with E-state index in [0.29, 0.717) is 6.61 Å². The van der Waals surface area contributed by atoms with E-state index >= 15 is 0 Å². The van der Waals surface area contributed by atoms with E-state index < -0.39 is 0 Å². The molecule has 0 fully saturated rings. The van der Waals surface area contributed by atoms with Crippen molar-refractivity contribution in [2.75, 3.05) is 34.9 Å². The van der Waals surface area contributed by atoms with Crippen LogP contribution in [0.4, 0.5) is 0 Å². The molecular weight excluding hydrogens is 302 g/mol. The zero-order valence-corrected chi connectivity index (χ0v) is 15.0. The van der Waals surface area contributed by atoms with Crippen LogP contribution < -0.4 is 14.2 Å². The summed E-state index contributed by atoms with van der Waals surface area (Å²) in [5.74, 6) is 2.37. The molecule has 0 spiro atoms. The first-order valence-corrected chi connectivity index (χ1v) is 8.19. The molecule has 2 rings (SSSR count). The number of hydrogen-bond acceptors (Lipinski definition) is 4. The molecule has 0 saturated heterocycles. The molecule has 2 aromatic rings. The first kappa shape index (κ1) is 18.1. The van der Waals surface area contributed by atoms with Gasteiger partial charge in [-0.05, 0) is 68.9 Å². The van der Waals surface area contributed by atoms with Crippen LogP contribution in [0.3, 0.4) is 0 Å². The van der Waals surface area contributed by atoms with E-state index in [1.165, 1.54) is 5.56 Å². The molecule has 130 valence electrons. The minimum atomic E-state index is 0.480. The second-order valence-corrected chi connectivity index (χ2v) is 6.03. The lowest BCUT2D eigenvalue weighted by molar-refractivity contribution is 0.283. The van der Waals surface area contributed by atoms with Crippen LogP contribution in [0.1, 0.15) is 17.5 Å². The number of benzene rings is 2. The third-order valence-corrected chi connectivity index (χ3v) is 3.83. The molecule has 0 aromatic heterocycles. The SMILES string of the molecule is COc1cccc(COc2ccc(CCCN(C)C)cc2OC)c1. The molecule has 0 aliphatic heterocycles. The summed E-state index contributed by atoms with van der Waals surface area (Å²) in [4.78, 5) is 2.20. The van der Waals surface area contributed by atoms with Crippen molar-refractivity contribution in [1.29, 1.82) is 0 Å². The average Bonchev–Trinajstić information content (AvgIpc) is 2.60. The highest BCUT2D eigenvalue weighted by Crippen LogP contribution is 2.29. The maximum atomic E-state index is 5.92.